The minimum Gasteiger partial charge on any atom is -0.496 e. The Bertz CT molecular complexity index is 929. The van der Waals surface area contributed by atoms with Crippen molar-refractivity contribution < 1.29 is 23.1 Å². The molecule has 2 rings (SSSR count). The van der Waals surface area contributed by atoms with Gasteiger partial charge < -0.3 is 18.8 Å². The normalized spacial score (nSPS) is 11.9. The summed E-state index contributed by atoms with van der Waals surface area (Å²) in [5.41, 5.74) is 2.42. The average Bonchev–Trinajstić information content (AvgIpc) is 2.78. The van der Waals surface area contributed by atoms with Crippen molar-refractivity contribution in [3.05, 3.63) is 58.9 Å². The van der Waals surface area contributed by atoms with Crippen molar-refractivity contribution in [2.24, 2.45) is 0 Å². The average molecular weight is 490 g/mol. The molecule has 1 amide bonds. The van der Waals surface area contributed by atoms with Crippen molar-refractivity contribution in [1.29, 1.82) is 0 Å². The van der Waals surface area contributed by atoms with Gasteiger partial charge in [-0.05, 0) is 67.7 Å². The molecule has 0 unspecified atom stereocenters. The van der Waals surface area contributed by atoms with Crippen LogP contribution < -0.4 is 9.47 Å². The second-order valence-corrected chi connectivity index (χ2v) is 14.9. The number of methoxy groups -OCH3 is 2. The Kier molecular flexibility index (Phi) is 9.70. The fraction of sp³-hybridized carbons (Fsp3) is 0.519. The predicted octanol–water partition coefficient (Wildman–Crippen LogP) is 6.25. The zero-order chi connectivity index (χ0) is 25.5. The van der Waals surface area contributed by atoms with E-state index < -0.39 is 8.32 Å². The highest BCUT2D eigenvalue weighted by molar-refractivity contribution is 6.74. The Morgan fingerprint density at radius 2 is 1.56 bits per heavy atom. The molecule has 0 aliphatic rings. The van der Waals surface area contributed by atoms with Crippen molar-refractivity contribution in [1.82, 2.24) is 4.90 Å². The zero-order valence-electron chi connectivity index (χ0n) is 22.0. The smallest absolute Gasteiger partial charge is 0.254 e. The second-order valence-electron chi connectivity index (χ2n) is 10.1. The monoisotopic (exact) mass is 489 g/mol. The molecule has 0 spiro atoms. The maximum atomic E-state index is 13.6. The van der Waals surface area contributed by atoms with Crippen LogP contribution in [-0.4, -0.2) is 53.0 Å². The highest BCUT2D eigenvalue weighted by Gasteiger charge is 2.37. The van der Waals surface area contributed by atoms with Crippen LogP contribution in [0, 0.1) is 12.7 Å². The summed E-state index contributed by atoms with van der Waals surface area (Å²) in [6, 6.07) is 10.0. The van der Waals surface area contributed by atoms with Gasteiger partial charge in [0.1, 0.15) is 17.3 Å². The first-order valence-corrected chi connectivity index (χ1v) is 14.7. The molecule has 2 aromatic rings. The lowest BCUT2D eigenvalue weighted by molar-refractivity contribution is 0.0722. The number of carbonyl (C=O) groups excluding carboxylic acids is 1. The lowest BCUT2D eigenvalue weighted by Crippen LogP contribution is -2.43. The van der Waals surface area contributed by atoms with E-state index in [1.54, 1.807) is 38.5 Å². The lowest BCUT2D eigenvalue weighted by atomic mass is 10.1. The Morgan fingerprint density at radius 3 is 2.06 bits per heavy atom. The van der Waals surface area contributed by atoms with Gasteiger partial charge in [0.05, 0.1) is 20.8 Å². The molecule has 0 fully saturated rings. The number of amides is 1. The van der Waals surface area contributed by atoms with Crippen LogP contribution in [0.1, 0.15) is 48.7 Å². The van der Waals surface area contributed by atoms with Gasteiger partial charge in [0, 0.05) is 24.2 Å². The van der Waals surface area contributed by atoms with Gasteiger partial charge in [0.2, 0.25) is 0 Å². The van der Waals surface area contributed by atoms with Crippen LogP contribution in [0.15, 0.2) is 36.4 Å². The van der Waals surface area contributed by atoms with Gasteiger partial charge in [-0.3, -0.25) is 4.79 Å². The lowest BCUT2D eigenvalue weighted by Gasteiger charge is -2.37. The van der Waals surface area contributed by atoms with Crippen LogP contribution >= 0.6 is 0 Å². The van der Waals surface area contributed by atoms with E-state index in [1.165, 1.54) is 12.1 Å². The maximum absolute atomic E-state index is 13.6. The molecule has 0 aromatic heterocycles. The van der Waals surface area contributed by atoms with Crippen molar-refractivity contribution in [2.75, 3.05) is 33.9 Å². The predicted molar refractivity (Wildman–Crippen MR) is 138 cm³/mol. The Labute approximate surface area is 205 Å². The van der Waals surface area contributed by atoms with Crippen LogP contribution in [0.4, 0.5) is 4.39 Å². The van der Waals surface area contributed by atoms with Gasteiger partial charge in [0.25, 0.3) is 5.91 Å². The summed E-state index contributed by atoms with van der Waals surface area (Å²) in [6.45, 7) is 14.5. The van der Waals surface area contributed by atoms with Crippen LogP contribution in [-0.2, 0) is 10.8 Å². The molecular weight excluding hydrogens is 449 g/mol. The van der Waals surface area contributed by atoms with E-state index >= 15 is 0 Å². The fourth-order valence-electron chi connectivity index (χ4n) is 3.46. The van der Waals surface area contributed by atoms with E-state index in [0.717, 1.165) is 24.0 Å². The van der Waals surface area contributed by atoms with Crippen molar-refractivity contribution >= 4 is 14.2 Å². The summed E-state index contributed by atoms with van der Waals surface area (Å²) < 4.78 is 30.5. The number of hydrogen-bond acceptors (Lipinski definition) is 4. The summed E-state index contributed by atoms with van der Waals surface area (Å²) in [5.74, 6) is 0.901. The molecule has 0 aliphatic heterocycles. The first kappa shape index (κ1) is 27.9. The van der Waals surface area contributed by atoms with Crippen LogP contribution in [0.5, 0.6) is 11.5 Å². The molecule has 0 aliphatic carbocycles. The number of hydrogen-bond donors (Lipinski definition) is 0. The van der Waals surface area contributed by atoms with E-state index in [0.29, 0.717) is 36.8 Å². The van der Waals surface area contributed by atoms with E-state index in [-0.39, 0.29) is 16.8 Å². The first-order chi connectivity index (χ1) is 15.9. The van der Waals surface area contributed by atoms with Crippen LogP contribution in [0.25, 0.3) is 0 Å². The Balaban J connectivity index is 2.19. The molecule has 0 bridgehead atoms. The van der Waals surface area contributed by atoms with Crippen molar-refractivity contribution in [3.63, 3.8) is 0 Å². The number of carbonyl (C=O) groups is 1. The van der Waals surface area contributed by atoms with E-state index in [4.69, 9.17) is 13.9 Å². The third kappa shape index (κ3) is 7.31. The molecule has 7 heteroatoms. The summed E-state index contributed by atoms with van der Waals surface area (Å²) in [5, 5.41) is 0.0993. The number of halogens is 1. The van der Waals surface area contributed by atoms with E-state index in [1.807, 2.05) is 11.8 Å². The standard InChI is InChI=1S/C27H40FNO4Si/c1-20-24(31-5)18-22(19-25(20)32-6)26(30)29(16-17-33-34(7,8)27(2,3)4)15-9-10-21-11-13-23(28)14-12-21/h11-14,18-19H,9-10,15-17H2,1-8H3. The molecule has 0 atom stereocenters. The molecule has 188 valence electrons. The van der Waals surface area contributed by atoms with Crippen molar-refractivity contribution in [2.45, 2.75) is 58.7 Å². The Morgan fingerprint density at radius 1 is 1.00 bits per heavy atom. The number of benzene rings is 2. The topological polar surface area (TPSA) is 48.0 Å². The third-order valence-corrected chi connectivity index (χ3v) is 11.3. The number of rotatable bonds is 11. The van der Waals surface area contributed by atoms with Gasteiger partial charge in [-0.1, -0.05) is 32.9 Å². The van der Waals surface area contributed by atoms with E-state index in [9.17, 15) is 9.18 Å². The number of ether oxygens (including phenoxy) is 2. The van der Waals surface area contributed by atoms with Crippen molar-refractivity contribution in [3.8, 4) is 11.5 Å². The van der Waals surface area contributed by atoms with Gasteiger partial charge in [-0.25, -0.2) is 4.39 Å². The molecule has 2 aromatic carbocycles. The summed E-state index contributed by atoms with van der Waals surface area (Å²) in [6.07, 6.45) is 1.52. The molecule has 0 N–H and O–H groups in total. The minimum atomic E-state index is -1.93. The third-order valence-electron chi connectivity index (χ3n) is 6.72. The van der Waals surface area contributed by atoms with Gasteiger partial charge in [0.15, 0.2) is 8.32 Å². The molecule has 0 heterocycles. The molecule has 5 nitrogen and oxygen atoms in total. The Hall–Kier alpha value is -2.38. The van der Waals surface area contributed by atoms with Gasteiger partial charge in [-0.15, -0.1) is 0 Å². The second kappa shape index (κ2) is 11.8. The molecule has 0 saturated heterocycles. The number of nitrogens with zero attached hydrogens (tertiary/aromatic N) is 1. The zero-order valence-corrected chi connectivity index (χ0v) is 23.0. The number of aryl methyl sites for hydroxylation is 1. The van der Waals surface area contributed by atoms with Crippen LogP contribution in [0.2, 0.25) is 18.1 Å². The fourth-order valence-corrected chi connectivity index (χ4v) is 4.49. The van der Waals surface area contributed by atoms with Crippen LogP contribution in [0.3, 0.4) is 0 Å². The molecule has 0 saturated carbocycles. The van der Waals surface area contributed by atoms with Gasteiger partial charge in [-0.2, -0.15) is 0 Å². The maximum Gasteiger partial charge on any atom is 0.254 e. The summed E-state index contributed by atoms with van der Waals surface area (Å²) in [7, 11) is 1.25. The quantitative estimate of drug-likeness (QED) is 0.350. The highest BCUT2D eigenvalue weighted by Crippen LogP contribution is 2.36. The summed E-state index contributed by atoms with van der Waals surface area (Å²) in [4.78, 5) is 15.4. The summed E-state index contributed by atoms with van der Waals surface area (Å²) >= 11 is 0. The SMILES string of the molecule is COc1cc(C(=O)N(CCCc2ccc(F)cc2)CCO[Si](C)(C)C(C)(C)C)cc(OC)c1C. The first-order valence-electron chi connectivity index (χ1n) is 11.8. The minimum absolute atomic E-state index is 0.0884. The van der Waals surface area contributed by atoms with E-state index in [2.05, 4.69) is 33.9 Å². The molecule has 34 heavy (non-hydrogen) atoms. The largest absolute Gasteiger partial charge is 0.496 e. The van der Waals surface area contributed by atoms with Gasteiger partial charge >= 0.3 is 0 Å². The molecular formula is C27H40FNO4Si. The molecule has 0 radical (unpaired) electrons. The highest BCUT2D eigenvalue weighted by atomic mass is 28.4.